The van der Waals surface area contributed by atoms with Crippen LogP contribution in [-0.4, -0.2) is 43.5 Å². The fraction of sp³-hybridized carbons (Fsp3) is 0.760. The van der Waals surface area contributed by atoms with Gasteiger partial charge in [-0.15, -0.1) is 0 Å². The number of hydrogen-bond donors (Lipinski definition) is 3. The van der Waals surface area contributed by atoms with Gasteiger partial charge in [-0.05, 0) is 41.1 Å². The number of nitrogens with one attached hydrogen (secondary N) is 2. The number of rotatable bonds is 11. The van der Waals surface area contributed by atoms with E-state index in [1.807, 2.05) is 6.07 Å². The summed E-state index contributed by atoms with van der Waals surface area (Å²) < 4.78 is 5.82. The summed E-state index contributed by atoms with van der Waals surface area (Å²) in [6.07, 6.45) is 2.48. The maximum absolute atomic E-state index is 8.88. The fourth-order valence-electron chi connectivity index (χ4n) is 3.75. The van der Waals surface area contributed by atoms with Gasteiger partial charge in [0, 0.05) is 31.8 Å². The maximum atomic E-state index is 8.88. The van der Waals surface area contributed by atoms with Gasteiger partial charge in [-0.1, -0.05) is 71.9 Å². The van der Waals surface area contributed by atoms with Crippen LogP contribution in [0, 0.1) is 22.7 Å². The largest absolute Gasteiger partial charge is 0.396 e. The third-order valence-electron chi connectivity index (χ3n) is 6.56. The molecule has 2 fully saturated rings. The van der Waals surface area contributed by atoms with Crippen LogP contribution in [0.25, 0.3) is 0 Å². The lowest BCUT2D eigenvalue weighted by Crippen LogP contribution is -2.29. The lowest BCUT2D eigenvalue weighted by Gasteiger charge is -2.15. The van der Waals surface area contributed by atoms with E-state index < -0.39 is 0 Å². The minimum absolute atomic E-state index is 0.357. The van der Waals surface area contributed by atoms with E-state index in [0.717, 1.165) is 32.2 Å². The molecule has 29 heavy (non-hydrogen) atoms. The van der Waals surface area contributed by atoms with Crippen LogP contribution in [0.15, 0.2) is 30.3 Å². The summed E-state index contributed by atoms with van der Waals surface area (Å²) >= 11 is 0. The topological polar surface area (TPSA) is 53.5 Å². The molecule has 4 nitrogen and oxygen atoms in total. The molecule has 4 atom stereocenters. The van der Waals surface area contributed by atoms with Crippen molar-refractivity contribution >= 4 is 0 Å². The van der Waals surface area contributed by atoms with Crippen molar-refractivity contribution in [3.8, 4) is 0 Å². The Morgan fingerprint density at radius 1 is 0.931 bits per heavy atom. The van der Waals surface area contributed by atoms with E-state index in [4.69, 9.17) is 9.84 Å². The van der Waals surface area contributed by atoms with E-state index >= 15 is 0 Å². The van der Waals surface area contributed by atoms with Gasteiger partial charge in [-0.2, -0.15) is 0 Å². The van der Waals surface area contributed by atoms with Gasteiger partial charge < -0.3 is 20.5 Å². The molecule has 2 aliphatic carbocycles. The number of ether oxygens (including phenoxy) is 1. The Morgan fingerprint density at radius 2 is 1.45 bits per heavy atom. The summed E-state index contributed by atoms with van der Waals surface area (Å²) in [4.78, 5) is 0. The number of benzene rings is 1. The van der Waals surface area contributed by atoms with Crippen molar-refractivity contribution in [3.63, 3.8) is 0 Å². The first-order valence-electron chi connectivity index (χ1n) is 11.4. The van der Waals surface area contributed by atoms with Crippen LogP contribution in [-0.2, 0) is 11.3 Å². The lowest BCUT2D eigenvalue weighted by molar-refractivity contribution is 0.102. The van der Waals surface area contributed by atoms with Crippen molar-refractivity contribution in [3.05, 3.63) is 35.9 Å². The van der Waals surface area contributed by atoms with E-state index in [0.29, 0.717) is 35.4 Å². The fourth-order valence-corrected chi connectivity index (χ4v) is 3.75. The Hall–Kier alpha value is -0.940. The molecule has 0 aliphatic heterocycles. The first-order valence-corrected chi connectivity index (χ1v) is 11.4. The Kier molecular flexibility index (Phi) is 9.15. The second-order valence-electron chi connectivity index (χ2n) is 10.4. The van der Waals surface area contributed by atoms with Crippen molar-refractivity contribution in [1.82, 2.24) is 10.6 Å². The highest BCUT2D eigenvalue weighted by atomic mass is 16.5. The van der Waals surface area contributed by atoms with Crippen LogP contribution in [0.1, 0.15) is 59.9 Å². The predicted molar refractivity (Wildman–Crippen MR) is 122 cm³/mol. The van der Waals surface area contributed by atoms with Crippen molar-refractivity contribution in [1.29, 1.82) is 0 Å². The molecule has 0 aromatic heterocycles. The normalized spacial score (nSPS) is 30.2. The van der Waals surface area contributed by atoms with E-state index in [-0.39, 0.29) is 0 Å². The van der Waals surface area contributed by atoms with Crippen LogP contribution >= 0.6 is 0 Å². The molecule has 1 aromatic rings. The molecule has 1 aromatic carbocycles. The zero-order valence-electron chi connectivity index (χ0n) is 19.5. The second kappa shape index (κ2) is 10.9. The van der Waals surface area contributed by atoms with Gasteiger partial charge in [0.15, 0.2) is 0 Å². The number of aliphatic hydroxyl groups excluding tert-OH is 1. The molecule has 0 unspecified atom stereocenters. The van der Waals surface area contributed by atoms with E-state index in [1.165, 1.54) is 18.4 Å². The molecule has 4 heteroatoms. The van der Waals surface area contributed by atoms with Gasteiger partial charge in [-0.3, -0.25) is 0 Å². The molecule has 0 bridgehead atoms. The monoisotopic (exact) mass is 404 g/mol. The van der Waals surface area contributed by atoms with E-state index in [1.54, 1.807) is 0 Å². The smallest absolute Gasteiger partial charge is 0.0717 e. The van der Waals surface area contributed by atoms with Crippen LogP contribution < -0.4 is 10.6 Å². The summed E-state index contributed by atoms with van der Waals surface area (Å²) in [5.74, 6) is 1.28. The van der Waals surface area contributed by atoms with Crippen molar-refractivity contribution in [2.45, 2.75) is 73.1 Å². The van der Waals surface area contributed by atoms with E-state index in [9.17, 15) is 0 Å². The molecule has 3 rings (SSSR count). The van der Waals surface area contributed by atoms with Gasteiger partial charge in [0.2, 0.25) is 0 Å². The van der Waals surface area contributed by atoms with Crippen LogP contribution in [0.2, 0.25) is 0 Å². The third kappa shape index (κ3) is 8.37. The summed E-state index contributed by atoms with van der Waals surface area (Å²) in [7, 11) is 0. The Morgan fingerprint density at radius 3 is 1.93 bits per heavy atom. The molecule has 2 aliphatic rings. The number of aliphatic hydroxyl groups is 1. The highest BCUT2D eigenvalue weighted by molar-refractivity contribution is 5.13. The van der Waals surface area contributed by atoms with Crippen LogP contribution in [0.4, 0.5) is 0 Å². The van der Waals surface area contributed by atoms with Gasteiger partial charge in [-0.25, -0.2) is 0 Å². The van der Waals surface area contributed by atoms with Crippen LogP contribution in [0.5, 0.6) is 0 Å². The summed E-state index contributed by atoms with van der Waals surface area (Å²) in [6.45, 7) is 17.5. The molecule has 0 radical (unpaired) electrons. The van der Waals surface area contributed by atoms with Gasteiger partial charge in [0.05, 0.1) is 13.2 Å². The molecule has 0 saturated heterocycles. The Bertz CT molecular complexity index is 592. The lowest BCUT2D eigenvalue weighted by atomic mass is 10.1. The molecular formula is C25H44N2O2. The SMILES string of the molecule is CC(C)NC[C@@]1(C)C[C@H]1CO.CC(C)NC[C@@]1(C)C[C@H]1COCc1ccccc1. The van der Waals surface area contributed by atoms with Gasteiger partial charge in [0.1, 0.15) is 0 Å². The molecular weight excluding hydrogens is 360 g/mol. The molecule has 2 saturated carbocycles. The van der Waals surface area contributed by atoms with Crippen molar-refractivity contribution < 1.29 is 9.84 Å². The Balaban J connectivity index is 0.000000234. The summed E-state index contributed by atoms with van der Waals surface area (Å²) in [5, 5.41) is 15.8. The second-order valence-corrected chi connectivity index (χ2v) is 10.4. The van der Waals surface area contributed by atoms with Gasteiger partial charge in [0.25, 0.3) is 0 Å². The van der Waals surface area contributed by atoms with E-state index in [2.05, 4.69) is 76.4 Å². The Labute approximate surface area is 178 Å². The average Bonchev–Trinajstić information content (AvgIpc) is 3.55. The highest BCUT2D eigenvalue weighted by Gasteiger charge is 2.49. The molecule has 0 spiro atoms. The molecule has 166 valence electrons. The van der Waals surface area contributed by atoms with Crippen molar-refractivity contribution in [2.24, 2.45) is 22.7 Å². The van der Waals surface area contributed by atoms with Gasteiger partial charge >= 0.3 is 0 Å². The number of hydrogen-bond acceptors (Lipinski definition) is 4. The molecule has 0 amide bonds. The van der Waals surface area contributed by atoms with Crippen molar-refractivity contribution in [2.75, 3.05) is 26.3 Å². The molecule has 0 heterocycles. The summed E-state index contributed by atoms with van der Waals surface area (Å²) in [5.41, 5.74) is 2.11. The standard InChI is InChI=1S/C16H25NO.C9H19NO/c1-13(2)17-12-16(3)9-15(16)11-18-10-14-7-5-4-6-8-14;1-7(2)10-6-9(3)4-8(9)5-11/h4-8,13,15,17H,9-12H2,1-3H3;7-8,10-11H,4-6H2,1-3H3/t15-,16+;8-,9+/m00/s1. The highest BCUT2D eigenvalue weighted by Crippen LogP contribution is 2.52. The average molecular weight is 405 g/mol. The third-order valence-corrected chi connectivity index (χ3v) is 6.56. The maximum Gasteiger partial charge on any atom is 0.0717 e. The minimum atomic E-state index is 0.357. The predicted octanol–water partition coefficient (Wildman–Crippen LogP) is 4.23. The molecule has 3 N–H and O–H groups in total. The minimum Gasteiger partial charge on any atom is -0.396 e. The van der Waals surface area contributed by atoms with Crippen LogP contribution in [0.3, 0.4) is 0 Å². The summed E-state index contributed by atoms with van der Waals surface area (Å²) in [6, 6.07) is 11.5. The first kappa shape index (κ1) is 24.3. The quantitative estimate of drug-likeness (QED) is 0.517. The zero-order chi connectivity index (χ0) is 21.5. The zero-order valence-corrected chi connectivity index (χ0v) is 19.5. The first-order chi connectivity index (χ1) is 13.7.